The van der Waals surface area contributed by atoms with Gasteiger partial charge in [0, 0.05) is 11.1 Å². The minimum absolute atomic E-state index is 0.108. The van der Waals surface area contributed by atoms with Gasteiger partial charge in [0.15, 0.2) is 0 Å². The van der Waals surface area contributed by atoms with Crippen LogP contribution in [0.1, 0.15) is 18.9 Å². The lowest BCUT2D eigenvalue weighted by molar-refractivity contribution is -0.101. The van der Waals surface area contributed by atoms with Crippen LogP contribution in [0.3, 0.4) is 0 Å². The molecule has 1 aliphatic heterocycles. The maximum Gasteiger partial charge on any atom is 0.0965 e. The largest absolute Gasteiger partial charge is 0.376 e. The van der Waals surface area contributed by atoms with Crippen LogP contribution in [0, 0.1) is 0 Å². The number of hydrogen-bond donors (Lipinski definition) is 1. The van der Waals surface area contributed by atoms with Crippen molar-refractivity contribution in [2.45, 2.75) is 31.9 Å². The number of rotatable bonds is 6. The van der Waals surface area contributed by atoms with Gasteiger partial charge in [0.05, 0.1) is 25.9 Å². The number of halogens is 1. The van der Waals surface area contributed by atoms with Crippen LogP contribution in [0.4, 0.5) is 0 Å². The molecule has 1 saturated heterocycles. The third kappa shape index (κ3) is 4.46. The second kappa shape index (κ2) is 7.85. The Kier molecular flexibility index (Phi) is 6.11. The van der Waals surface area contributed by atoms with Gasteiger partial charge in [-0.1, -0.05) is 36.7 Å². The topological polar surface area (TPSA) is 30.5 Å². The summed E-state index contributed by atoms with van der Waals surface area (Å²) in [7, 11) is 0. The summed E-state index contributed by atoms with van der Waals surface area (Å²) in [5, 5.41) is 4.37. The quantitative estimate of drug-likeness (QED) is 0.871. The zero-order valence-corrected chi connectivity index (χ0v) is 12.2. The first-order chi connectivity index (χ1) is 9.31. The molecule has 2 unspecified atom stereocenters. The number of nitrogens with one attached hydrogen (secondary N) is 1. The Balaban J connectivity index is 2.02. The van der Waals surface area contributed by atoms with Crippen molar-refractivity contribution < 1.29 is 9.47 Å². The molecular weight excluding hydrogens is 262 g/mol. The predicted octanol–water partition coefficient (Wildman–Crippen LogP) is 2.67. The molecule has 2 atom stereocenters. The fourth-order valence-electron chi connectivity index (χ4n) is 2.30. The van der Waals surface area contributed by atoms with Crippen molar-refractivity contribution in [3.05, 3.63) is 34.9 Å². The van der Waals surface area contributed by atoms with Gasteiger partial charge in [0.25, 0.3) is 0 Å². The predicted molar refractivity (Wildman–Crippen MR) is 77.8 cm³/mol. The first-order valence-corrected chi connectivity index (χ1v) is 7.35. The Bertz CT molecular complexity index is 380. The highest BCUT2D eigenvalue weighted by molar-refractivity contribution is 6.31. The SMILES string of the molecule is CCCNC(Cc1ccccc1Cl)C1COCCO1. The van der Waals surface area contributed by atoms with E-state index in [2.05, 4.69) is 18.3 Å². The van der Waals surface area contributed by atoms with Crippen molar-refractivity contribution in [3.63, 3.8) is 0 Å². The van der Waals surface area contributed by atoms with Gasteiger partial charge in [-0.2, -0.15) is 0 Å². The van der Waals surface area contributed by atoms with Gasteiger partial charge < -0.3 is 14.8 Å². The standard InChI is InChI=1S/C15H22ClNO2/c1-2-7-17-14(15-11-18-8-9-19-15)10-12-5-3-4-6-13(12)16/h3-6,14-15,17H,2,7-11H2,1H3. The van der Waals surface area contributed by atoms with Gasteiger partial charge >= 0.3 is 0 Å². The number of benzene rings is 1. The van der Waals surface area contributed by atoms with E-state index in [-0.39, 0.29) is 12.1 Å². The zero-order chi connectivity index (χ0) is 13.5. The second-order valence-electron chi connectivity index (χ2n) is 4.84. The average molecular weight is 284 g/mol. The van der Waals surface area contributed by atoms with E-state index in [1.807, 2.05) is 18.2 Å². The van der Waals surface area contributed by atoms with E-state index in [4.69, 9.17) is 21.1 Å². The Morgan fingerprint density at radius 1 is 1.37 bits per heavy atom. The summed E-state index contributed by atoms with van der Waals surface area (Å²) in [4.78, 5) is 0. The van der Waals surface area contributed by atoms with Gasteiger partial charge in [0.2, 0.25) is 0 Å². The Morgan fingerprint density at radius 2 is 2.21 bits per heavy atom. The summed E-state index contributed by atoms with van der Waals surface area (Å²) < 4.78 is 11.3. The van der Waals surface area contributed by atoms with Crippen LogP contribution in [0.5, 0.6) is 0 Å². The smallest absolute Gasteiger partial charge is 0.0965 e. The summed E-state index contributed by atoms with van der Waals surface area (Å²) in [6, 6.07) is 8.25. The van der Waals surface area contributed by atoms with Crippen LogP contribution in [0.2, 0.25) is 5.02 Å². The van der Waals surface area contributed by atoms with Crippen molar-refractivity contribution in [1.82, 2.24) is 5.32 Å². The van der Waals surface area contributed by atoms with E-state index < -0.39 is 0 Å². The van der Waals surface area contributed by atoms with Crippen LogP contribution in [-0.2, 0) is 15.9 Å². The van der Waals surface area contributed by atoms with Crippen LogP contribution in [0.25, 0.3) is 0 Å². The third-order valence-electron chi connectivity index (χ3n) is 3.34. The molecule has 19 heavy (non-hydrogen) atoms. The molecular formula is C15H22ClNO2. The van der Waals surface area contributed by atoms with Crippen LogP contribution in [-0.4, -0.2) is 38.5 Å². The van der Waals surface area contributed by atoms with Gasteiger partial charge in [-0.05, 0) is 31.0 Å². The van der Waals surface area contributed by atoms with Crippen LogP contribution in [0.15, 0.2) is 24.3 Å². The van der Waals surface area contributed by atoms with Crippen molar-refractivity contribution >= 4 is 11.6 Å². The normalized spacial score (nSPS) is 21.3. The highest BCUT2D eigenvalue weighted by Gasteiger charge is 2.25. The molecule has 1 N–H and O–H groups in total. The van der Waals surface area contributed by atoms with E-state index in [0.29, 0.717) is 19.8 Å². The van der Waals surface area contributed by atoms with Crippen LogP contribution < -0.4 is 5.32 Å². The summed E-state index contributed by atoms with van der Waals surface area (Å²) >= 11 is 6.24. The summed E-state index contributed by atoms with van der Waals surface area (Å²) in [6.45, 7) is 5.18. The van der Waals surface area contributed by atoms with Crippen molar-refractivity contribution in [3.8, 4) is 0 Å². The summed E-state index contributed by atoms with van der Waals surface area (Å²) in [5.41, 5.74) is 1.16. The minimum atomic E-state index is 0.108. The Morgan fingerprint density at radius 3 is 2.89 bits per heavy atom. The zero-order valence-electron chi connectivity index (χ0n) is 11.4. The Labute approximate surface area is 120 Å². The van der Waals surface area contributed by atoms with E-state index in [0.717, 1.165) is 30.0 Å². The molecule has 1 fully saturated rings. The van der Waals surface area contributed by atoms with E-state index in [9.17, 15) is 0 Å². The molecule has 0 saturated carbocycles. The fourth-order valence-corrected chi connectivity index (χ4v) is 2.52. The van der Waals surface area contributed by atoms with Gasteiger partial charge in [-0.25, -0.2) is 0 Å². The third-order valence-corrected chi connectivity index (χ3v) is 3.71. The molecule has 1 aromatic carbocycles. The maximum atomic E-state index is 6.24. The molecule has 1 heterocycles. The molecule has 106 valence electrons. The molecule has 2 rings (SSSR count). The molecule has 4 heteroatoms. The van der Waals surface area contributed by atoms with Crippen LogP contribution >= 0.6 is 11.6 Å². The average Bonchev–Trinajstić information content (AvgIpc) is 2.46. The highest BCUT2D eigenvalue weighted by Crippen LogP contribution is 2.19. The summed E-state index contributed by atoms with van der Waals surface area (Å²) in [6.07, 6.45) is 2.08. The molecule has 0 aliphatic carbocycles. The fraction of sp³-hybridized carbons (Fsp3) is 0.600. The minimum Gasteiger partial charge on any atom is -0.376 e. The van der Waals surface area contributed by atoms with Crippen molar-refractivity contribution in [2.24, 2.45) is 0 Å². The molecule has 0 spiro atoms. The molecule has 0 radical (unpaired) electrons. The molecule has 1 aromatic rings. The van der Waals surface area contributed by atoms with E-state index in [1.54, 1.807) is 0 Å². The second-order valence-corrected chi connectivity index (χ2v) is 5.25. The lowest BCUT2D eigenvalue weighted by Gasteiger charge is -2.31. The van der Waals surface area contributed by atoms with Gasteiger partial charge in [-0.3, -0.25) is 0 Å². The highest BCUT2D eigenvalue weighted by atomic mass is 35.5. The lowest BCUT2D eigenvalue weighted by Crippen LogP contribution is -2.48. The van der Waals surface area contributed by atoms with E-state index in [1.165, 1.54) is 0 Å². The molecule has 0 bridgehead atoms. The van der Waals surface area contributed by atoms with Crippen molar-refractivity contribution in [1.29, 1.82) is 0 Å². The first kappa shape index (κ1) is 14.8. The maximum absolute atomic E-state index is 6.24. The van der Waals surface area contributed by atoms with Gasteiger partial charge in [-0.15, -0.1) is 0 Å². The summed E-state index contributed by atoms with van der Waals surface area (Å²) in [5.74, 6) is 0. The lowest BCUT2D eigenvalue weighted by atomic mass is 10.0. The number of ether oxygens (including phenoxy) is 2. The molecule has 1 aliphatic rings. The number of hydrogen-bond acceptors (Lipinski definition) is 3. The first-order valence-electron chi connectivity index (χ1n) is 6.97. The Hall–Kier alpha value is -0.610. The molecule has 0 aromatic heterocycles. The van der Waals surface area contributed by atoms with E-state index >= 15 is 0 Å². The molecule has 3 nitrogen and oxygen atoms in total. The monoisotopic (exact) mass is 283 g/mol. The van der Waals surface area contributed by atoms with Gasteiger partial charge in [0.1, 0.15) is 0 Å². The van der Waals surface area contributed by atoms with Crippen molar-refractivity contribution in [2.75, 3.05) is 26.4 Å². The molecule has 0 amide bonds.